The largest absolute Gasteiger partial charge is 0.494 e. The summed E-state index contributed by atoms with van der Waals surface area (Å²) in [6.07, 6.45) is 17.1. The van der Waals surface area contributed by atoms with Gasteiger partial charge < -0.3 is 4.74 Å². The lowest BCUT2D eigenvalue weighted by Gasteiger charge is -2.22. The van der Waals surface area contributed by atoms with Crippen LogP contribution in [-0.4, -0.2) is 6.61 Å². The standard InChI is InChI=1S/C27H38O/c1-3-5-7-8-9-10-22-11-13-23(14-12-22)24-15-16-26-21-27(28-19-6-4-2)18-17-25(26)20-24/h13,15-18,20-22H,3-12,14,19H2,1-2H3. The Balaban J connectivity index is 1.55. The van der Waals surface area contributed by atoms with E-state index in [0.717, 1.165) is 24.7 Å². The first-order valence-electron chi connectivity index (χ1n) is 11.7. The molecule has 28 heavy (non-hydrogen) atoms. The molecule has 1 unspecified atom stereocenters. The van der Waals surface area contributed by atoms with Gasteiger partial charge in [-0.25, -0.2) is 0 Å². The second kappa shape index (κ2) is 11.3. The molecule has 152 valence electrons. The molecule has 1 aliphatic carbocycles. The molecular formula is C27H38O. The van der Waals surface area contributed by atoms with Crippen molar-refractivity contribution >= 4 is 16.3 Å². The molecule has 0 saturated heterocycles. The Morgan fingerprint density at radius 3 is 2.43 bits per heavy atom. The number of hydrogen-bond acceptors (Lipinski definition) is 1. The summed E-state index contributed by atoms with van der Waals surface area (Å²) in [4.78, 5) is 0. The first kappa shape index (κ1) is 21.0. The minimum Gasteiger partial charge on any atom is -0.494 e. The topological polar surface area (TPSA) is 9.23 Å². The smallest absolute Gasteiger partial charge is 0.119 e. The summed E-state index contributed by atoms with van der Waals surface area (Å²) in [7, 11) is 0. The molecule has 0 radical (unpaired) electrons. The molecule has 0 spiro atoms. The minimum atomic E-state index is 0.812. The fourth-order valence-electron chi connectivity index (χ4n) is 4.30. The highest BCUT2D eigenvalue weighted by Gasteiger charge is 2.15. The summed E-state index contributed by atoms with van der Waals surface area (Å²) in [6, 6.07) is 13.4. The van der Waals surface area contributed by atoms with Gasteiger partial charge in [-0.15, -0.1) is 0 Å². The van der Waals surface area contributed by atoms with E-state index in [1.807, 2.05) is 0 Å². The molecule has 0 aliphatic heterocycles. The lowest BCUT2D eigenvalue weighted by molar-refractivity contribution is 0.310. The Hall–Kier alpha value is -1.76. The molecule has 0 bridgehead atoms. The zero-order valence-electron chi connectivity index (χ0n) is 18.0. The first-order chi connectivity index (χ1) is 13.8. The maximum atomic E-state index is 5.86. The number of rotatable bonds is 11. The zero-order chi connectivity index (χ0) is 19.6. The van der Waals surface area contributed by atoms with Gasteiger partial charge in [0.25, 0.3) is 0 Å². The van der Waals surface area contributed by atoms with E-state index in [1.54, 1.807) is 5.57 Å². The van der Waals surface area contributed by atoms with E-state index >= 15 is 0 Å². The van der Waals surface area contributed by atoms with Crippen molar-refractivity contribution in [1.29, 1.82) is 0 Å². The van der Waals surface area contributed by atoms with Crippen LogP contribution < -0.4 is 4.74 Å². The Morgan fingerprint density at radius 1 is 0.857 bits per heavy atom. The van der Waals surface area contributed by atoms with Gasteiger partial charge in [-0.3, -0.25) is 0 Å². The van der Waals surface area contributed by atoms with Crippen molar-refractivity contribution in [3.05, 3.63) is 48.0 Å². The summed E-state index contributed by atoms with van der Waals surface area (Å²) in [5.41, 5.74) is 2.96. The SMILES string of the molecule is CCCCCCCC1CC=C(c2ccc3cc(OCCCC)ccc3c2)CC1. The first-order valence-corrected chi connectivity index (χ1v) is 11.7. The Kier molecular flexibility index (Phi) is 8.45. The van der Waals surface area contributed by atoms with E-state index in [0.29, 0.717) is 0 Å². The third-order valence-electron chi connectivity index (χ3n) is 6.18. The van der Waals surface area contributed by atoms with Gasteiger partial charge in [0.1, 0.15) is 5.75 Å². The molecule has 0 N–H and O–H groups in total. The van der Waals surface area contributed by atoms with Crippen LogP contribution in [0.4, 0.5) is 0 Å². The van der Waals surface area contributed by atoms with Gasteiger partial charge in [-0.05, 0) is 71.7 Å². The molecule has 0 fully saturated rings. The van der Waals surface area contributed by atoms with Crippen LogP contribution in [0.3, 0.4) is 0 Å². The molecular weight excluding hydrogens is 340 g/mol. The fraction of sp³-hybridized carbons (Fsp3) is 0.556. The molecule has 0 saturated carbocycles. The van der Waals surface area contributed by atoms with Crippen molar-refractivity contribution < 1.29 is 4.74 Å². The van der Waals surface area contributed by atoms with E-state index in [9.17, 15) is 0 Å². The van der Waals surface area contributed by atoms with Crippen LogP contribution in [0.15, 0.2) is 42.5 Å². The van der Waals surface area contributed by atoms with Crippen LogP contribution in [0.25, 0.3) is 16.3 Å². The maximum absolute atomic E-state index is 5.86. The van der Waals surface area contributed by atoms with Crippen LogP contribution in [0.1, 0.15) is 90.0 Å². The predicted molar refractivity (Wildman–Crippen MR) is 123 cm³/mol. The van der Waals surface area contributed by atoms with Gasteiger partial charge in [-0.2, -0.15) is 0 Å². The predicted octanol–water partition coefficient (Wildman–Crippen LogP) is 8.56. The number of hydrogen-bond donors (Lipinski definition) is 0. The van der Waals surface area contributed by atoms with E-state index in [-0.39, 0.29) is 0 Å². The second-order valence-corrected chi connectivity index (χ2v) is 8.50. The van der Waals surface area contributed by atoms with Gasteiger partial charge in [-0.1, -0.05) is 83.1 Å². The average Bonchev–Trinajstić information content (AvgIpc) is 2.74. The van der Waals surface area contributed by atoms with Crippen molar-refractivity contribution in [3.63, 3.8) is 0 Å². The molecule has 1 aliphatic rings. The minimum absolute atomic E-state index is 0.812. The molecule has 1 heteroatoms. The average molecular weight is 379 g/mol. The van der Waals surface area contributed by atoms with Crippen molar-refractivity contribution in [3.8, 4) is 5.75 Å². The summed E-state index contributed by atoms with van der Waals surface area (Å²) in [5, 5.41) is 2.60. The van der Waals surface area contributed by atoms with Crippen molar-refractivity contribution in [2.75, 3.05) is 6.61 Å². The van der Waals surface area contributed by atoms with Crippen LogP contribution in [-0.2, 0) is 0 Å². The van der Waals surface area contributed by atoms with Gasteiger partial charge in [0.2, 0.25) is 0 Å². The fourth-order valence-corrected chi connectivity index (χ4v) is 4.30. The monoisotopic (exact) mass is 378 g/mol. The normalized spacial score (nSPS) is 16.9. The molecule has 0 aromatic heterocycles. The van der Waals surface area contributed by atoms with Gasteiger partial charge >= 0.3 is 0 Å². The highest BCUT2D eigenvalue weighted by atomic mass is 16.5. The highest BCUT2D eigenvalue weighted by Crippen LogP contribution is 2.34. The van der Waals surface area contributed by atoms with Crippen LogP contribution in [0.5, 0.6) is 5.75 Å². The molecule has 0 amide bonds. The van der Waals surface area contributed by atoms with Gasteiger partial charge in [0.15, 0.2) is 0 Å². The summed E-state index contributed by atoms with van der Waals surface area (Å²) in [5.74, 6) is 1.90. The molecule has 1 atom stereocenters. The summed E-state index contributed by atoms with van der Waals surface area (Å²) < 4.78 is 5.86. The highest BCUT2D eigenvalue weighted by molar-refractivity contribution is 5.87. The quantitative estimate of drug-likeness (QED) is 0.356. The number of unbranched alkanes of at least 4 members (excludes halogenated alkanes) is 5. The molecule has 0 heterocycles. The number of benzene rings is 2. The lowest BCUT2D eigenvalue weighted by Crippen LogP contribution is -2.05. The zero-order valence-corrected chi connectivity index (χ0v) is 18.0. The van der Waals surface area contributed by atoms with Gasteiger partial charge in [0.05, 0.1) is 6.61 Å². The molecule has 2 aromatic carbocycles. The number of allylic oxidation sites excluding steroid dienone is 2. The van der Waals surface area contributed by atoms with Crippen LogP contribution in [0.2, 0.25) is 0 Å². The Bertz CT molecular complexity index is 758. The van der Waals surface area contributed by atoms with Crippen molar-refractivity contribution in [2.24, 2.45) is 5.92 Å². The lowest BCUT2D eigenvalue weighted by atomic mass is 9.83. The maximum Gasteiger partial charge on any atom is 0.119 e. The van der Waals surface area contributed by atoms with Crippen LogP contribution >= 0.6 is 0 Å². The number of ether oxygens (including phenoxy) is 1. The summed E-state index contributed by atoms with van der Waals surface area (Å²) >= 11 is 0. The Morgan fingerprint density at radius 2 is 1.64 bits per heavy atom. The van der Waals surface area contributed by atoms with Crippen molar-refractivity contribution in [1.82, 2.24) is 0 Å². The third-order valence-corrected chi connectivity index (χ3v) is 6.18. The Labute approximate surface area is 172 Å². The number of fused-ring (bicyclic) bond motifs is 1. The van der Waals surface area contributed by atoms with E-state index < -0.39 is 0 Å². The molecule has 3 rings (SSSR count). The van der Waals surface area contributed by atoms with Crippen molar-refractivity contribution in [2.45, 2.75) is 84.5 Å². The van der Waals surface area contributed by atoms with E-state index in [2.05, 4.69) is 56.3 Å². The molecule has 1 nitrogen and oxygen atoms in total. The van der Waals surface area contributed by atoms with E-state index in [1.165, 1.54) is 80.5 Å². The van der Waals surface area contributed by atoms with E-state index in [4.69, 9.17) is 4.74 Å². The third kappa shape index (κ3) is 6.12. The molecule has 2 aromatic rings. The van der Waals surface area contributed by atoms with Gasteiger partial charge in [0, 0.05) is 0 Å². The summed E-state index contributed by atoms with van der Waals surface area (Å²) in [6.45, 7) is 5.30. The second-order valence-electron chi connectivity index (χ2n) is 8.50. The van der Waals surface area contributed by atoms with Crippen LogP contribution in [0, 0.1) is 5.92 Å².